The van der Waals surface area contributed by atoms with Gasteiger partial charge in [0.2, 0.25) is 0 Å². The Morgan fingerprint density at radius 3 is 2.88 bits per heavy atom. The Hall–Kier alpha value is -2.10. The Morgan fingerprint density at radius 1 is 1.12 bits per heavy atom. The van der Waals surface area contributed by atoms with Gasteiger partial charge in [0.05, 0.1) is 30.0 Å². The van der Waals surface area contributed by atoms with Gasteiger partial charge in [-0.05, 0) is 18.6 Å². The van der Waals surface area contributed by atoms with Crippen LogP contribution in [-0.2, 0) is 0 Å². The summed E-state index contributed by atoms with van der Waals surface area (Å²) in [7, 11) is 0. The zero-order valence-electron chi connectivity index (χ0n) is 9.53. The SMILES string of the molecule is C1=CCN(c2cnn(-c3cccnc3)c2)CC1. The van der Waals surface area contributed by atoms with Gasteiger partial charge in [-0.3, -0.25) is 4.98 Å². The van der Waals surface area contributed by atoms with Crippen molar-refractivity contribution in [2.75, 3.05) is 18.0 Å². The fraction of sp³-hybridized carbons (Fsp3) is 0.231. The molecule has 3 rings (SSSR count). The Morgan fingerprint density at radius 2 is 2.12 bits per heavy atom. The molecule has 0 aliphatic carbocycles. The number of anilines is 1. The summed E-state index contributed by atoms with van der Waals surface area (Å²) in [6.07, 6.45) is 13.1. The normalized spacial score (nSPS) is 15.2. The van der Waals surface area contributed by atoms with Crippen LogP contribution in [0.2, 0.25) is 0 Å². The third-order valence-electron chi connectivity index (χ3n) is 2.90. The molecule has 0 aromatic carbocycles. The van der Waals surface area contributed by atoms with Crippen LogP contribution in [-0.4, -0.2) is 27.9 Å². The monoisotopic (exact) mass is 226 g/mol. The molecule has 0 radical (unpaired) electrons. The van der Waals surface area contributed by atoms with E-state index in [2.05, 4.69) is 33.3 Å². The molecule has 0 spiro atoms. The highest BCUT2D eigenvalue weighted by molar-refractivity contribution is 5.46. The molecule has 0 unspecified atom stereocenters. The van der Waals surface area contributed by atoms with Crippen molar-refractivity contribution in [1.29, 1.82) is 0 Å². The summed E-state index contributed by atoms with van der Waals surface area (Å²) in [6, 6.07) is 3.92. The number of nitrogens with zero attached hydrogens (tertiary/aromatic N) is 4. The van der Waals surface area contributed by atoms with E-state index in [1.165, 1.54) is 5.69 Å². The molecular weight excluding hydrogens is 212 g/mol. The summed E-state index contributed by atoms with van der Waals surface area (Å²) in [4.78, 5) is 6.42. The summed E-state index contributed by atoms with van der Waals surface area (Å²) >= 11 is 0. The van der Waals surface area contributed by atoms with Crippen LogP contribution in [0, 0.1) is 0 Å². The van der Waals surface area contributed by atoms with Crippen molar-refractivity contribution in [2.45, 2.75) is 6.42 Å². The van der Waals surface area contributed by atoms with Gasteiger partial charge in [0.1, 0.15) is 0 Å². The minimum atomic E-state index is 0.971. The lowest BCUT2D eigenvalue weighted by molar-refractivity contribution is 0.820. The topological polar surface area (TPSA) is 34.0 Å². The van der Waals surface area contributed by atoms with Gasteiger partial charge in [0.15, 0.2) is 0 Å². The molecular formula is C13H14N4. The zero-order valence-corrected chi connectivity index (χ0v) is 9.53. The molecule has 0 atom stereocenters. The molecule has 17 heavy (non-hydrogen) atoms. The predicted octanol–water partition coefficient (Wildman–Crippen LogP) is 2.03. The molecule has 86 valence electrons. The van der Waals surface area contributed by atoms with Gasteiger partial charge in [0.25, 0.3) is 0 Å². The second kappa shape index (κ2) is 4.41. The minimum Gasteiger partial charge on any atom is -0.365 e. The molecule has 3 heterocycles. The maximum atomic E-state index is 4.37. The maximum Gasteiger partial charge on any atom is 0.0829 e. The molecule has 0 saturated heterocycles. The van der Waals surface area contributed by atoms with Gasteiger partial charge in [-0.1, -0.05) is 12.2 Å². The lowest BCUT2D eigenvalue weighted by Gasteiger charge is -2.23. The summed E-state index contributed by atoms with van der Waals surface area (Å²) in [6.45, 7) is 2.04. The first kappa shape index (κ1) is 10.1. The number of pyridine rings is 1. The van der Waals surface area contributed by atoms with Crippen molar-refractivity contribution >= 4 is 5.69 Å². The highest BCUT2D eigenvalue weighted by Crippen LogP contribution is 2.17. The summed E-state index contributed by atoms with van der Waals surface area (Å²) in [5, 5.41) is 4.37. The van der Waals surface area contributed by atoms with Gasteiger partial charge in [-0.15, -0.1) is 0 Å². The molecule has 1 aliphatic heterocycles. The van der Waals surface area contributed by atoms with E-state index in [1.54, 1.807) is 6.20 Å². The molecule has 0 saturated carbocycles. The van der Waals surface area contributed by atoms with Crippen LogP contribution in [0.25, 0.3) is 5.69 Å². The second-order valence-corrected chi connectivity index (χ2v) is 4.06. The van der Waals surface area contributed by atoms with E-state index in [4.69, 9.17) is 0 Å². The van der Waals surface area contributed by atoms with Gasteiger partial charge in [0, 0.05) is 19.3 Å². The lowest BCUT2D eigenvalue weighted by atomic mass is 10.2. The number of aromatic nitrogens is 3. The molecule has 4 nitrogen and oxygen atoms in total. The van der Waals surface area contributed by atoms with Crippen LogP contribution >= 0.6 is 0 Å². The van der Waals surface area contributed by atoms with Crippen molar-refractivity contribution in [3.8, 4) is 5.69 Å². The average molecular weight is 226 g/mol. The van der Waals surface area contributed by atoms with Crippen molar-refractivity contribution < 1.29 is 0 Å². The van der Waals surface area contributed by atoms with Gasteiger partial charge >= 0.3 is 0 Å². The van der Waals surface area contributed by atoms with Crippen molar-refractivity contribution in [3.63, 3.8) is 0 Å². The van der Waals surface area contributed by atoms with E-state index in [9.17, 15) is 0 Å². The summed E-state index contributed by atoms with van der Waals surface area (Å²) in [5.74, 6) is 0. The van der Waals surface area contributed by atoms with Gasteiger partial charge < -0.3 is 4.90 Å². The Balaban J connectivity index is 1.85. The molecule has 0 bridgehead atoms. The molecule has 1 aliphatic rings. The quantitative estimate of drug-likeness (QED) is 0.735. The maximum absolute atomic E-state index is 4.37. The van der Waals surface area contributed by atoms with E-state index in [-0.39, 0.29) is 0 Å². The first-order valence-corrected chi connectivity index (χ1v) is 5.78. The van der Waals surface area contributed by atoms with E-state index in [1.807, 2.05) is 29.2 Å². The summed E-state index contributed by atoms with van der Waals surface area (Å²) in [5.41, 5.74) is 2.16. The van der Waals surface area contributed by atoms with Crippen molar-refractivity contribution in [2.24, 2.45) is 0 Å². The zero-order chi connectivity index (χ0) is 11.5. The van der Waals surface area contributed by atoms with Crippen molar-refractivity contribution in [3.05, 3.63) is 49.1 Å². The van der Waals surface area contributed by atoms with Crippen LogP contribution < -0.4 is 4.90 Å². The molecule has 4 heteroatoms. The first-order valence-electron chi connectivity index (χ1n) is 5.78. The molecule has 2 aromatic heterocycles. The number of hydrogen-bond acceptors (Lipinski definition) is 3. The van der Waals surface area contributed by atoms with Crippen LogP contribution in [0.5, 0.6) is 0 Å². The Bertz CT molecular complexity index is 515. The van der Waals surface area contributed by atoms with Crippen LogP contribution in [0.1, 0.15) is 6.42 Å². The third kappa shape index (κ3) is 2.06. The first-order chi connectivity index (χ1) is 8.43. The molecule has 0 amide bonds. The van der Waals surface area contributed by atoms with Crippen LogP contribution in [0.15, 0.2) is 49.1 Å². The fourth-order valence-corrected chi connectivity index (χ4v) is 1.98. The van der Waals surface area contributed by atoms with E-state index in [0.29, 0.717) is 0 Å². The van der Waals surface area contributed by atoms with E-state index in [0.717, 1.165) is 25.2 Å². The summed E-state index contributed by atoms with van der Waals surface area (Å²) < 4.78 is 1.86. The second-order valence-electron chi connectivity index (χ2n) is 4.06. The fourth-order valence-electron chi connectivity index (χ4n) is 1.98. The predicted molar refractivity (Wildman–Crippen MR) is 67.3 cm³/mol. The molecule has 0 fully saturated rings. The molecule has 0 N–H and O–H groups in total. The molecule has 2 aromatic rings. The smallest absolute Gasteiger partial charge is 0.0829 e. The Kier molecular flexibility index (Phi) is 2.62. The van der Waals surface area contributed by atoms with Gasteiger partial charge in [-0.25, -0.2) is 4.68 Å². The highest BCUT2D eigenvalue weighted by Gasteiger charge is 2.09. The van der Waals surface area contributed by atoms with E-state index < -0.39 is 0 Å². The standard InChI is InChI=1S/C13H14N4/c1-2-7-16(8-3-1)13-10-15-17(11-13)12-5-4-6-14-9-12/h1-2,4-6,9-11H,3,7-8H2. The number of hydrogen-bond donors (Lipinski definition) is 0. The largest absolute Gasteiger partial charge is 0.365 e. The Labute approximate surface area is 100 Å². The van der Waals surface area contributed by atoms with Crippen LogP contribution in [0.3, 0.4) is 0 Å². The number of rotatable bonds is 2. The van der Waals surface area contributed by atoms with Crippen LogP contribution in [0.4, 0.5) is 5.69 Å². The average Bonchev–Trinajstić information content (AvgIpc) is 2.90. The van der Waals surface area contributed by atoms with Gasteiger partial charge in [-0.2, -0.15) is 5.10 Å². The minimum absolute atomic E-state index is 0.971. The highest BCUT2D eigenvalue weighted by atomic mass is 15.3. The van der Waals surface area contributed by atoms with E-state index >= 15 is 0 Å². The van der Waals surface area contributed by atoms with Crippen molar-refractivity contribution in [1.82, 2.24) is 14.8 Å². The third-order valence-corrected chi connectivity index (χ3v) is 2.90. The lowest BCUT2D eigenvalue weighted by Crippen LogP contribution is -2.26.